The lowest BCUT2D eigenvalue weighted by Gasteiger charge is -2.03. The van der Waals surface area contributed by atoms with E-state index in [0.29, 0.717) is 5.75 Å². The topological polar surface area (TPSA) is 29.1 Å². The van der Waals surface area contributed by atoms with Crippen LogP contribution in [0.2, 0.25) is 5.02 Å². The van der Waals surface area contributed by atoms with Gasteiger partial charge in [0.25, 0.3) is 0 Å². The van der Waals surface area contributed by atoms with E-state index in [2.05, 4.69) is 5.32 Å². The summed E-state index contributed by atoms with van der Waals surface area (Å²) in [6, 6.07) is 7.71. The molecule has 4 heteroatoms. The van der Waals surface area contributed by atoms with Gasteiger partial charge in [-0.05, 0) is 17.7 Å². The number of halogens is 1. The molecule has 0 spiro atoms. The Morgan fingerprint density at radius 3 is 2.57 bits per heavy atom. The summed E-state index contributed by atoms with van der Waals surface area (Å²) in [5.74, 6) is 0.702. The Hall–Kier alpha value is -0.380. The third-order valence-corrected chi connectivity index (χ3v) is 2.84. The van der Waals surface area contributed by atoms with Gasteiger partial charge in [-0.2, -0.15) is 0 Å². The van der Waals surface area contributed by atoms with Crippen molar-refractivity contribution in [3.63, 3.8) is 0 Å². The molecule has 1 atom stereocenters. The summed E-state index contributed by atoms with van der Waals surface area (Å²) < 4.78 is 10.8. The van der Waals surface area contributed by atoms with Crippen molar-refractivity contribution in [2.45, 2.75) is 6.54 Å². The Bertz CT molecular complexity index is 299. The zero-order valence-corrected chi connectivity index (χ0v) is 9.70. The highest BCUT2D eigenvalue weighted by Gasteiger charge is 1.93. The first-order chi connectivity index (χ1) is 6.68. The third kappa shape index (κ3) is 4.74. The van der Waals surface area contributed by atoms with Gasteiger partial charge in [0.2, 0.25) is 0 Å². The fourth-order valence-corrected chi connectivity index (χ4v) is 1.61. The second-order valence-corrected chi connectivity index (χ2v) is 5.07. The Morgan fingerprint density at radius 2 is 2.00 bits per heavy atom. The van der Waals surface area contributed by atoms with Crippen molar-refractivity contribution in [1.82, 2.24) is 5.32 Å². The summed E-state index contributed by atoms with van der Waals surface area (Å²) >= 11 is 5.75. The smallest absolute Gasteiger partial charge is 0.0406 e. The SMILES string of the molecule is CS(=O)CCNCc1ccc(Cl)cc1. The van der Waals surface area contributed by atoms with E-state index in [9.17, 15) is 4.21 Å². The van der Waals surface area contributed by atoms with E-state index in [-0.39, 0.29) is 0 Å². The summed E-state index contributed by atoms with van der Waals surface area (Å²) in [4.78, 5) is 0. The molecule has 1 unspecified atom stereocenters. The van der Waals surface area contributed by atoms with Gasteiger partial charge < -0.3 is 5.32 Å². The van der Waals surface area contributed by atoms with Gasteiger partial charge >= 0.3 is 0 Å². The highest BCUT2D eigenvalue weighted by atomic mass is 35.5. The Labute approximate surface area is 92.1 Å². The summed E-state index contributed by atoms with van der Waals surface area (Å²) in [6.45, 7) is 1.58. The summed E-state index contributed by atoms with van der Waals surface area (Å²) in [6.07, 6.45) is 1.71. The molecular formula is C10H14ClNOS. The molecule has 0 aliphatic rings. The highest BCUT2D eigenvalue weighted by Crippen LogP contribution is 2.08. The average molecular weight is 232 g/mol. The van der Waals surface area contributed by atoms with E-state index in [4.69, 9.17) is 11.6 Å². The van der Waals surface area contributed by atoms with Crippen LogP contribution in [0, 0.1) is 0 Å². The largest absolute Gasteiger partial charge is 0.312 e. The molecule has 0 amide bonds. The van der Waals surface area contributed by atoms with E-state index in [1.165, 1.54) is 5.56 Å². The fraction of sp³-hybridized carbons (Fsp3) is 0.400. The molecule has 0 heterocycles. The molecule has 1 aromatic rings. The summed E-state index contributed by atoms with van der Waals surface area (Å²) in [7, 11) is -0.711. The van der Waals surface area contributed by atoms with Crippen LogP contribution in [-0.4, -0.2) is 22.8 Å². The molecular weight excluding hydrogens is 218 g/mol. The second-order valence-electron chi connectivity index (χ2n) is 3.08. The van der Waals surface area contributed by atoms with Crippen LogP contribution in [0.1, 0.15) is 5.56 Å². The van der Waals surface area contributed by atoms with Gasteiger partial charge in [0, 0.05) is 40.9 Å². The Balaban J connectivity index is 2.25. The van der Waals surface area contributed by atoms with Gasteiger partial charge in [0.05, 0.1) is 0 Å². The number of rotatable bonds is 5. The van der Waals surface area contributed by atoms with E-state index in [0.717, 1.165) is 18.1 Å². The molecule has 0 fully saturated rings. The van der Waals surface area contributed by atoms with Gasteiger partial charge in [-0.15, -0.1) is 0 Å². The van der Waals surface area contributed by atoms with Crippen molar-refractivity contribution in [3.8, 4) is 0 Å². The third-order valence-electron chi connectivity index (χ3n) is 1.81. The normalized spacial score (nSPS) is 12.7. The van der Waals surface area contributed by atoms with Crippen molar-refractivity contribution >= 4 is 22.4 Å². The molecule has 1 aromatic carbocycles. The first-order valence-corrected chi connectivity index (χ1v) is 6.54. The number of hydrogen-bond acceptors (Lipinski definition) is 2. The molecule has 0 saturated carbocycles. The van der Waals surface area contributed by atoms with Crippen molar-refractivity contribution < 1.29 is 4.21 Å². The predicted octanol–water partition coefficient (Wildman–Crippen LogP) is 1.81. The van der Waals surface area contributed by atoms with Crippen molar-refractivity contribution in [1.29, 1.82) is 0 Å². The van der Waals surface area contributed by atoms with Crippen LogP contribution >= 0.6 is 11.6 Å². The lowest BCUT2D eigenvalue weighted by Crippen LogP contribution is -2.19. The first kappa shape index (κ1) is 11.7. The standard InChI is InChI=1S/C10H14ClNOS/c1-14(13)7-6-12-8-9-2-4-10(11)5-3-9/h2-5,12H,6-8H2,1H3. The monoisotopic (exact) mass is 231 g/mol. The molecule has 14 heavy (non-hydrogen) atoms. The van der Waals surface area contributed by atoms with Crippen molar-refractivity contribution in [2.75, 3.05) is 18.6 Å². The van der Waals surface area contributed by atoms with Gasteiger partial charge in [-0.25, -0.2) is 0 Å². The fourth-order valence-electron chi connectivity index (χ4n) is 1.05. The predicted molar refractivity (Wildman–Crippen MR) is 62.1 cm³/mol. The number of hydrogen-bond donors (Lipinski definition) is 1. The van der Waals surface area contributed by atoms with E-state index in [1.54, 1.807) is 6.26 Å². The van der Waals surface area contributed by atoms with Gasteiger partial charge in [0.1, 0.15) is 0 Å². The summed E-state index contributed by atoms with van der Waals surface area (Å²) in [5, 5.41) is 3.97. The second kappa shape index (κ2) is 6.17. The van der Waals surface area contributed by atoms with Gasteiger partial charge in [0.15, 0.2) is 0 Å². The first-order valence-electron chi connectivity index (χ1n) is 4.43. The quantitative estimate of drug-likeness (QED) is 0.784. The minimum Gasteiger partial charge on any atom is -0.312 e. The number of nitrogens with one attached hydrogen (secondary N) is 1. The van der Waals surface area contributed by atoms with Crippen LogP contribution in [0.25, 0.3) is 0 Å². The van der Waals surface area contributed by atoms with Crippen LogP contribution in [0.3, 0.4) is 0 Å². The van der Waals surface area contributed by atoms with E-state index >= 15 is 0 Å². The van der Waals surface area contributed by atoms with Crippen molar-refractivity contribution in [3.05, 3.63) is 34.9 Å². The Kier molecular flexibility index (Phi) is 5.15. The molecule has 0 bridgehead atoms. The Morgan fingerprint density at radius 1 is 1.36 bits per heavy atom. The maximum Gasteiger partial charge on any atom is 0.0406 e. The zero-order chi connectivity index (χ0) is 10.4. The van der Waals surface area contributed by atoms with Crippen molar-refractivity contribution in [2.24, 2.45) is 0 Å². The minimum absolute atomic E-state index is 0.702. The lowest BCUT2D eigenvalue weighted by atomic mass is 10.2. The minimum atomic E-state index is -0.711. The van der Waals surface area contributed by atoms with E-state index < -0.39 is 10.8 Å². The highest BCUT2D eigenvalue weighted by molar-refractivity contribution is 7.84. The summed E-state index contributed by atoms with van der Waals surface area (Å²) in [5.41, 5.74) is 1.19. The van der Waals surface area contributed by atoms with Crippen LogP contribution in [0.5, 0.6) is 0 Å². The van der Waals surface area contributed by atoms with Crippen LogP contribution in [0.15, 0.2) is 24.3 Å². The average Bonchev–Trinajstić information content (AvgIpc) is 2.15. The van der Waals surface area contributed by atoms with Crippen LogP contribution in [0.4, 0.5) is 0 Å². The lowest BCUT2D eigenvalue weighted by molar-refractivity contribution is 0.676. The molecule has 0 radical (unpaired) electrons. The zero-order valence-electron chi connectivity index (χ0n) is 8.13. The molecule has 78 valence electrons. The molecule has 1 rings (SSSR count). The van der Waals surface area contributed by atoms with E-state index in [1.807, 2.05) is 24.3 Å². The molecule has 0 aliphatic carbocycles. The maximum absolute atomic E-state index is 10.8. The maximum atomic E-state index is 10.8. The van der Waals surface area contributed by atoms with Crippen LogP contribution < -0.4 is 5.32 Å². The van der Waals surface area contributed by atoms with Gasteiger partial charge in [-0.1, -0.05) is 23.7 Å². The molecule has 0 aliphatic heterocycles. The molecule has 1 N–H and O–H groups in total. The number of benzene rings is 1. The van der Waals surface area contributed by atoms with Crippen LogP contribution in [-0.2, 0) is 17.3 Å². The molecule has 0 aromatic heterocycles. The molecule has 2 nitrogen and oxygen atoms in total. The van der Waals surface area contributed by atoms with Gasteiger partial charge in [-0.3, -0.25) is 4.21 Å². The molecule has 0 saturated heterocycles.